The lowest BCUT2D eigenvalue weighted by molar-refractivity contribution is -0.139. The van der Waals surface area contributed by atoms with Gasteiger partial charge in [0.2, 0.25) is 0 Å². The van der Waals surface area contributed by atoms with Crippen LogP contribution in [0.3, 0.4) is 0 Å². The second-order valence-electron chi connectivity index (χ2n) is 3.64. The van der Waals surface area contributed by atoms with E-state index in [4.69, 9.17) is 5.11 Å². The monoisotopic (exact) mass is 247 g/mol. The molecule has 0 fully saturated rings. The second-order valence-corrected chi connectivity index (χ2v) is 3.64. The molecule has 0 saturated heterocycles. The third-order valence-electron chi connectivity index (χ3n) is 2.26. The Morgan fingerprint density at radius 3 is 2.29 bits per heavy atom. The largest absolute Gasteiger partial charge is 0.480 e. The first kappa shape index (κ1) is 13.5. The van der Waals surface area contributed by atoms with Gasteiger partial charge in [-0.25, -0.2) is 0 Å². The van der Waals surface area contributed by atoms with Crippen LogP contribution in [0.2, 0.25) is 0 Å². The topological polar surface area (TPSA) is 49.3 Å². The summed E-state index contributed by atoms with van der Waals surface area (Å²) in [5.74, 6) is -1.00. The van der Waals surface area contributed by atoms with E-state index in [1.807, 2.05) is 0 Å². The molecule has 0 aliphatic heterocycles. The van der Waals surface area contributed by atoms with Crippen LogP contribution in [0.1, 0.15) is 18.1 Å². The summed E-state index contributed by atoms with van der Waals surface area (Å²) in [5, 5.41) is 11.3. The van der Waals surface area contributed by atoms with Gasteiger partial charge in [-0.05, 0) is 24.6 Å². The lowest BCUT2D eigenvalue weighted by atomic mass is 10.1. The third-order valence-corrected chi connectivity index (χ3v) is 2.26. The van der Waals surface area contributed by atoms with Gasteiger partial charge in [0.05, 0.1) is 5.56 Å². The van der Waals surface area contributed by atoms with Crippen molar-refractivity contribution in [3.05, 3.63) is 35.4 Å². The van der Waals surface area contributed by atoms with Crippen LogP contribution < -0.4 is 5.32 Å². The van der Waals surface area contributed by atoms with Gasteiger partial charge in [-0.2, -0.15) is 13.2 Å². The average Bonchev–Trinajstić information content (AvgIpc) is 2.25. The molecule has 0 bridgehead atoms. The summed E-state index contributed by atoms with van der Waals surface area (Å²) in [6.07, 6.45) is -4.35. The molecule has 6 heteroatoms. The van der Waals surface area contributed by atoms with E-state index >= 15 is 0 Å². The van der Waals surface area contributed by atoms with Gasteiger partial charge < -0.3 is 10.4 Å². The number of rotatable bonds is 4. The van der Waals surface area contributed by atoms with Crippen molar-refractivity contribution in [2.24, 2.45) is 0 Å². The van der Waals surface area contributed by atoms with Crippen LogP contribution in [0.4, 0.5) is 13.2 Å². The normalized spacial score (nSPS) is 13.4. The Balaban J connectivity index is 2.60. The maximum atomic E-state index is 12.2. The van der Waals surface area contributed by atoms with Gasteiger partial charge in [0.1, 0.15) is 6.04 Å². The van der Waals surface area contributed by atoms with Gasteiger partial charge in [0.25, 0.3) is 0 Å². The van der Waals surface area contributed by atoms with Crippen molar-refractivity contribution in [3.63, 3.8) is 0 Å². The minimum atomic E-state index is -4.35. The lowest BCUT2D eigenvalue weighted by Gasteiger charge is -2.10. The number of nitrogens with one attached hydrogen (secondary N) is 1. The van der Waals surface area contributed by atoms with E-state index in [9.17, 15) is 18.0 Å². The van der Waals surface area contributed by atoms with Crippen molar-refractivity contribution in [1.82, 2.24) is 5.32 Å². The summed E-state index contributed by atoms with van der Waals surface area (Å²) in [7, 11) is 0. The molecule has 0 aliphatic carbocycles. The predicted octanol–water partition coefficient (Wildman–Crippen LogP) is 2.27. The Morgan fingerprint density at radius 1 is 1.35 bits per heavy atom. The summed E-state index contributed by atoms with van der Waals surface area (Å²) in [6.45, 7) is 1.68. The summed E-state index contributed by atoms with van der Waals surface area (Å²) in [4.78, 5) is 10.5. The highest BCUT2D eigenvalue weighted by molar-refractivity contribution is 5.72. The number of hydrogen-bond donors (Lipinski definition) is 2. The third kappa shape index (κ3) is 4.07. The first-order valence-electron chi connectivity index (χ1n) is 4.93. The fourth-order valence-electron chi connectivity index (χ4n) is 1.17. The molecule has 94 valence electrons. The number of carboxylic acid groups (broad SMARTS) is 1. The van der Waals surface area contributed by atoms with Gasteiger partial charge in [-0.3, -0.25) is 4.79 Å². The van der Waals surface area contributed by atoms with E-state index in [2.05, 4.69) is 5.32 Å². The summed E-state index contributed by atoms with van der Waals surface area (Å²) < 4.78 is 36.7. The molecule has 0 saturated carbocycles. The summed E-state index contributed by atoms with van der Waals surface area (Å²) >= 11 is 0. The Morgan fingerprint density at radius 2 is 1.88 bits per heavy atom. The summed E-state index contributed by atoms with van der Waals surface area (Å²) in [5.41, 5.74) is -0.112. The van der Waals surface area contributed by atoms with Crippen molar-refractivity contribution in [3.8, 4) is 0 Å². The van der Waals surface area contributed by atoms with Crippen LogP contribution in [0, 0.1) is 0 Å². The smallest absolute Gasteiger partial charge is 0.416 e. The van der Waals surface area contributed by atoms with Crippen LogP contribution in [0.5, 0.6) is 0 Å². The molecule has 0 aliphatic rings. The van der Waals surface area contributed by atoms with Crippen molar-refractivity contribution < 1.29 is 23.1 Å². The predicted molar refractivity (Wildman–Crippen MR) is 55.4 cm³/mol. The fourth-order valence-corrected chi connectivity index (χ4v) is 1.17. The molecule has 0 heterocycles. The number of alkyl halides is 3. The molecule has 1 aromatic rings. The standard InChI is InChI=1S/C11H12F3NO2/c1-7(10(16)17)15-6-8-2-4-9(5-3-8)11(12,13)14/h2-5,7,15H,6H2,1H3,(H,16,17)/t7-/m1/s1. The van der Waals surface area contributed by atoms with E-state index in [1.165, 1.54) is 19.1 Å². The molecule has 0 amide bonds. The Bertz CT molecular complexity index is 387. The van der Waals surface area contributed by atoms with Crippen LogP contribution in [0.25, 0.3) is 0 Å². The van der Waals surface area contributed by atoms with Gasteiger partial charge in [0.15, 0.2) is 0 Å². The molecular weight excluding hydrogens is 235 g/mol. The highest BCUT2D eigenvalue weighted by Crippen LogP contribution is 2.28. The van der Waals surface area contributed by atoms with E-state index in [0.29, 0.717) is 5.56 Å². The molecule has 0 aromatic heterocycles. The number of halogens is 3. The molecule has 3 nitrogen and oxygen atoms in total. The van der Waals surface area contributed by atoms with Crippen LogP contribution in [-0.2, 0) is 17.5 Å². The van der Waals surface area contributed by atoms with Gasteiger partial charge in [-0.15, -0.1) is 0 Å². The molecule has 0 unspecified atom stereocenters. The first-order valence-corrected chi connectivity index (χ1v) is 4.93. The zero-order valence-electron chi connectivity index (χ0n) is 9.08. The molecule has 1 aromatic carbocycles. The highest BCUT2D eigenvalue weighted by atomic mass is 19.4. The molecule has 17 heavy (non-hydrogen) atoms. The average molecular weight is 247 g/mol. The van der Waals surface area contributed by atoms with Gasteiger partial charge >= 0.3 is 12.1 Å². The molecule has 2 N–H and O–H groups in total. The number of benzene rings is 1. The number of carboxylic acids is 1. The Labute approximate surface area is 96.3 Å². The van der Waals surface area contributed by atoms with E-state index in [0.717, 1.165) is 12.1 Å². The fraction of sp³-hybridized carbons (Fsp3) is 0.364. The SMILES string of the molecule is C[C@@H](NCc1ccc(C(F)(F)F)cc1)C(=O)O. The Hall–Kier alpha value is -1.56. The molecule has 0 spiro atoms. The second kappa shape index (κ2) is 5.18. The zero-order valence-corrected chi connectivity index (χ0v) is 9.08. The van der Waals surface area contributed by atoms with Crippen LogP contribution in [0.15, 0.2) is 24.3 Å². The van der Waals surface area contributed by atoms with E-state index in [1.54, 1.807) is 0 Å². The molecule has 1 atom stereocenters. The van der Waals surface area contributed by atoms with Crippen molar-refractivity contribution in [2.45, 2.75) is 25.7 Å². The van der Waals surface area contributed by atoms with Crippen molar-refractivity contribution in [1.29, 1.82) is 0 Å². The maximum absolute atomic E-state index is 12.2. The lowest BCUT2D eigenvalue weighted by Crippen LogP contribution is -2.33. The minimum absolute atomic E-state index is 0.214. The van der Waals surface area contributed by atoms with E-state index < -0.39 is 23.8 Å². The van der Waals surface area contributed by atoms with Crippen LogP contribution >= 0.6 is 0 Å². The number of aliphatic carboxylic acids is 1. The summed E-state index contributed by atoms with van der Waals surface area (Å²) in [6, 6.07) is 3.86. The van der Waals surface area contributed by atoms with Gasteiger partial charge in [-0.1, -0.05) is 12.1 Å². The first-order chi connectivity index (χ1) is 7.80. The Kier molecular flexibility index (Phi) is 4.11. The van der Waals surface area contributed by atoms with Crippen LogP contribution in [-0.4, -0.2) is 17.1 Å². The number of carbonyl (C=O) groups is 1. The van der Waals surface area contributed by atoms with Crippen molar-refractivity contribution >= 4 is 5.97 Å². The quantitative estimate of drug-likeness (QED) is 0.858. The zero-order chi connectivity index (χ0) is 13.1. The van der Waals surface area contributed by atoms with Crippen molar-refractivity contribution in [2.75, 3.05) is 0 Å². The minimum Gasteiger partial charge on any atom is -0.480 e. The van der Waals surface area contributed by atoms with E-state index in [-0.39, 0.29) is 6.54 Å². The number of hydrogen-bond acceptors (Lipinski definition) is 2. The molecule has 1 rings (SSSR count). The highest BCUT2D eigenvalue weighted by Gasteiger charge is 2.29. The van der Waals surface area contributed by atoms with Gasteiger partial charge in [0, 0.05) is 6.54 Å². The molecular formula is C11H12F3NO2. The molecule has 0 radical (unpaired) electrons. The maximum Gasteiger partial charge on any atom is 0.416 e.